The minimum absolute atomic E-state index is 0. The number of nitrogens with zero attached hydrogens (tertiary/aromatic N) is 2. The predicted octanol–water partition coefficient (Wildman–Crippen LogP) is 4.01. The number of aromatic nitrogens is 2. The molecule has 2 aromatic carbocycles. The number of rotatable bonds is 7. The lowest BCUT2D eigenvalue weighted by Gasteiger charge is -2.11. The van der Waals surface area contributed by atoms with Crippen LogP contribution in [0.25, 0.3) is 11.0 Å². The van der Waals surface area contributed by atoms with Gasteiger partial charge in [-0.2, -0.15) is 0 Å². The molecule has 0 aliphatic heterocycles. The van der Waals surface area contributed by atoms with Gasteiger partial charge in [0.25, 0.3) is 0 Å². The Bertz CT molecular complexity index is 844. The number of benzene rings is 2. The molecule has 0 amide bonds. The highest BCUT2D eigenvalue weighted by molar-refractivity contribution is 14.0. The van der Waals surface area contributed by atoms with E-state index >= 15 is 0 Å². The Balaban J connectivity index is 0.00000261. The summed E-state index contributed by atoms with van der Waals surface area (Å²) in [5, 5.41) is 6.52. The molecule has 3 aromatic rings. The summed E-state index contributed by atoms with van der Waals surface area (Å²) in [5.41, 5.74) is 2.92. The van der Waals surface area contributed by atoms with Crippen molar-refractivity contribution in [2.24, 2.45) is 4.99 Å². The standard InChI is InChI=1S/C20H24FN5.HI/c1-2-22-20(24-14-15-7-5-8-16(21)13-15)23-12-6-11-19-25-17-9-3-4-10-18(17)26-19;/h3-5,7-10,13H,2,6,11-12,14H2,1H3,(H,25,26)(H2,22,23,24);1H. The van der Waals surface area contributed by atoms with E-state index in [2.05, 4.69) is 25.6 Å². The van der Waals surface area contributed by atoms with Crippen LogP contribution in [0.2, 0.25) is 0 Å². The maximum atomic E-state index is 13.2. The molecule has 0 aliphatic rings. The number of aryl methyl sites for hydroxylation is 1. The van der Waals surface area contributed by atoms with Gasteiger partial charge >= 0.3 is 0 Å². The maximum Gasteiger partial charge on any atom is 0.191 e. The molecule has 3 rings (SSSR count). The molecular formula is C20H25FIN5. The number of guanidine groups is 1. The number of aliphatic imine (C=N–C) groups is 1. The van der Waals surface area contributed by atoms with Crippen molar-refractivity contribution >= 4 is 41.0 Å². The molecule has 0 spiro atoms. The lowest BCUT2D eigenvalue weighted by molar-refractivity contribution is 0.625. The van der Waals surface area contributed by atoms with Crippen molar-refractivity contribution in [3.8, 4) is 0 Å². The zero-order valence-electron chi connectivity index (χ0n) is 15.3. The Labute approximate surface area is 175 Å². The van der Waals surface area contributed by atoms with Crippen molar-refractivity contribution in [2.75, 3.05) is 13.1 Å². The second kappa shape index (κ2) is 10.9. The first-order chi connectivity index (χ1) is 12.7. The van der Waals surface area contributed by atoms with E-state index in [4.69, 9.17) is 0 Å². The minimum atomic E-state index is -0.235. The van der Waals surface area contributed by atoms with Crippen LogP contribution in [0.5, 0.6) is 0 Å². The molecule has 0 saturated carbocycles. The van der Waals surface area contributed by atoms with E-state index in [0.717, 1.165) is 54.3 Å². The molecule has 0 aliphatic carbocycles. The summed E-state index contributed by atoms with van der Waals surface area (Å²) in [7, 11) is 0. The number of para-hydroxylation sites is 2. The lowest BCUT2D eigenvalue weighted by Crippen LogP contribution is -2.37. The van der Waals surface area contributed by atoms with Gasteiger partial charge in [0.15, 0.2) is 5.96 Å². The molecule has 1 heterocycles. The number of imidazole rings is 1. The first-order valence-corrected chi connectivity index (χ1v) is 8.95. The molecule has 0 fully saturated rings. The van der Waals surface area contributed by atoms with Crippen LogP contribution in [0.15, 0.2) is 53.5 Å². The number of nitrogens with one attached hydrogen (secondary N) is 3. The van der Waals surface area contributed by atoms with Crippen LogP contribution in [0.3, 0.4) is 0 Å². The highest BCUT2D eigenvalue weighted by Gasteiger charge is 2.03. The van der Waals surface area contributed by atoms with Crippen LogP contribution < -0.4 is 10.6 Å². The summed E-state index contributed by atoms with van der Waals surface area (Å²) in [6, 6.07) is 14.6. The monoisotopic (exact) mass is 481 g/mol. The molecule has 0 atom stereocenters. The zero-order valence-corrected chi connectivity index (χ0v) is 17.7. The first-order valence-electron chi connectivity index (χ1n) is 8.95. The molecule has 1 aromatic heterocycles. The highest BCUT2D eigenvalue weighted by Crippen LogP contribution is 2.11. The van der Waals surface area contributed by atoms with Crippen molar-refractivity contribution in [1.82, 2.24) is 20.6 Å². The summed E-state index contributed by atoms with van der Waals surface area (Å²) in [4.78, 5) is 12.4. The molecular weight excluding hydrogens is 456 g/mol. The van der Waals surface area contributed by atoms with Gasteiger partial charge in [-0.05, 0) is 43.2 Å². The summed E-state index contributed by atoms with van der Waals surface area (Å²) in [5.74, 6) is 1.50. The van der Waals surface area contributed by atoms with Gasteiger partial charge in [0, 0.05) is 19.5 Å². The molecule has 27 heavy (non-hydrogen) atoms. The van der Waals surface area contributed by atoms with Gasteiger partial charge in [-0.1, -0.05) is 24.3 Å². The largest absolute Gasteiger partial charge is 0.357 e. The van der Waals surface area contributed by atoms with E-state index in [-0.39, 0.29) is 29.8 Å². The second-order valence-electron chi connectivity index (χ2n) is 6.06. The van der Waals surface area contributed by atoms with Crippen LogP contribution in [0.4, 0.5) is 4.39 Å². The van der Waals surface area contributed by atoms with Crippen molar-refractivity contribution in [3.05, 3.63) is 65.7 Å². The Morgan fingerprint density at radius 3 is 2.78 bits per heavy atom. The first kappa shape index (κ1) is 21.1. The van der Waals surface area contributed by atoms with Gasteiger partial charge in [-0.25, -0.2) is 14.4 Å². The van der Waals surface area contributed by atoms with E-state index in [0.29, 0.717) is 6.54 Å². The van der Waals surface area contributed by atoms with Crippen LogP contribution in [0.1, 0.15) is 24.7 Å². The summed E-state index contributed by atoms with van der Waals surface area (Å²) in [6.07, 6.45) is 1.80. The van der Waals surface area contributed by atoms with Crippen LogP contribution >= 0.6 is 24.0 Å². The van der Waals surface area contributed by atoms with E-state index in [1.54, 1.807) is 6.07 Å². The van der Waals surface area contributed by atoms with E-state index in [9.17, 15) is 4.39 Å². The van der Waals surface area contributed by atoms with Crippen LogP contribution in [-0.2, 0) is 13.0 Å². The Hall–Kier alpha value is -2.16. The normalized spacial score (nSPS) is 11.3. The van der Waals surface area contributed by atoms with Crippen LogP contribution in [-0.4, -0.2) is 29.0 Å². The highest BCUT2D eigenvalue weighted by atomic mass is 127. The molecule has 0 radical (unpaired) electrons. The quantitative estimate of drug-likeness (QED) is 0.207. The average Bonchev–Trinajstić information content (AvgIpc) is 3.06. The number of hydrogen-bond acceptors (Lipinski definition) is 2. The fraction of sp³-hybridized carbons (Fsp3) is 0.300. The Morgan fingerprint density at radius 1 is 1.15 bits per heavy atom. The second-order valence-corrected chi connectivity index (χ2v) is 6.06. The zero-order chi connectivity index (χ0) is 18.2. The van der Waals surface area contributed by atoms with Crippen molar-refractivity contribution in [2.45, 2.75) is 26.3 Å². The molecule has 0 bridgehead atoms. The number of fused-ring (bicyclic) bond motifs is 1. The maximum absolute atomic E-state index is 13.2. The third kappa shape index (κ3) is 6.50. The smallest absolute Gasteiger partial charge is 0.191 e. The van der Waals surface area contributed by atoms with E-state index < -0.39 is 0 Å². The molecule has 0 saturated heterocycles. The van der Waals surface area contributed by atoms with Gasteiger partial charge in [-0.15, -0.1) is 24.0 Å². The fourth-order valence-corrected chi connectivity index (χ4v) is 2.73. The number of aromatic amines is 1. The van der Waals surface area contributed by atoms with Crippen molar-refractivity contribution < 1.29 is 4.39 Å². The SMILES string of the molecule is CCNC(=NCc1cccc(F)c1)NCCCc1nc2ccccc2[nH]1.I. The lowest BCUT2D eigenvalue weighted by atomic mass is 10.2. The molecule has 5 nitrogen and oxygen atoms in total. The minimum Gasteiger partial charge on any atom is -0.357 e. The van der Waals surface area contributed by atoms with E-state index in [1.807, 2.05) is 37.3 Å². The Morgan fingerprint density at radius 2 is 2.00 bits per heavy atom. The number of halogens is 2. The molecule has 0 unspecified atom stereocenters. The number of hydrogen-bond donors (Lipinski definition) is 3. The van der Waals surface area contributed by atoms with Gasteiger partial charge in [0.1, 0.15) is 11.6 Å². The molecule has 7 heteroatoms. The van der Waals surface area contributed by atoms with Crippen molar-refractivity contribution in [3.63, 3.8) is 0 Å². The summed E-state index contributed by atoms with van der Waals surface area (Å²) >= 11 is 0. The summed E-state index contributed by atoms with van der Waals surface area (Å²) in [6.45, 7) is 4.02. The predicted molar refractivity (Wildman–Crippen MR) is 119 cm³/mol. The summed E-state index contributed by atoms with van der Waals surface area (Å²) < 4.78 is 13.2. The fourth-order valence-electron chi connectivity index (χ4n) is 2.73. The third-order valence-corrected chi connectivity index (χ3v) is 3.97. The van der Waals surface area contributed by atoms with Gasteiger partial charge in [0.2, 0.25) is 0 Å². The Kier molecular flexibility index (Phi) is 8.50. The van der Waals surface area contributed by atoms with Crippen molar-refractivity contribution in [1.29, 1.82) is 0 Å². The van der Waals surface area contributed by atoms with Gasteiger partial charge < -0.3 is 15.6 Å². The van der Waals surface area contributed by atoms with Gasteiger partial charge in [-0.3, -0.25) is 0 Å². The van der Waals surface area contributed by atoms with Crippen LogP contribution in [0, 0.1) is 5.82 Å². The molecule has 3 N–H and O–H groups in total. The van der Waals surface area contributed by atoms with Gasteiger partial charge in [0.05, 0.1) is 17.6 Å². The molecule has 144 valence electrons. The third-order valence-electron chi connectivity index (χ3n) is 3.97. The topological polar surface area (TPSA) is 65.1 Å². The van der Waals surface area contributed by atoms with E-state index in [1.165, 1.54) is 12.1 Å². The number of H-pyrrole nitrogens is 1. The average molecular weight is 481 g/mol.